The van der Waals surface area contributed by atoms with E-state index in [2.05, 4.69) is 21.8 Å². The van der Waals surface area contributed by atoms with Crippen LogP contribution in [-0.4, -0.2) is 32.6 Å². The number of halogens is 1. The summed E-state index contributed by atoms with van der Waals surface area (Å²) in [6, 6.07) is 15.8. The van der Waals surface area contributed by atoms with Gasteiger partial charge in [0.05, 0.1) is 12.5 Å². The standard InChI is InChI=1S/C26H30ClN3O3/c1-3-4-14-24-28-17-20(30(24)18(2)21-12-8-9-13-22(21)27)16-25(31)29-23(26(32)33)15-19-10-6-5-7-11-19/h5-13,17-18,23H,3-4,14-16H2,1-2H3,(H,29,31)(H,32,33)/t18?,23-/m0/s1. The molecule has 0 saturated carbocycles. The normalized spacial score (nSPS) is 12.8. The van der Waals surface area contributed by atoms with Crippen LogP contribution in [0.25, 0.3) is 0 Å². The summed E-state index contributed by atoms with van der Waals surface area (Å²) in [6.07, 6.45) is 4.77. The molecular formula is C26H30ClN3O3. The Balaban J connectivity index is 1.81. The van der Waals surface area contributed by atoms with Gasteiger partial charge in [0.1, 0.15) is 11.9 Å². The molecule has 2 N–H and O–H groups in total. The van der Waals surface area contributed by atoms with Crippen LogP contribution in [0.3, 0.4) is 0 Å². The minimum absolute atomic E-state index is 0.0342. The minimum Gasteiger partial charge on any atom is -0.480 e. The summed E-state index contributed by atoms with van der Waals surface area (Å²) in [5.41, 5.74) is 2.53. The highest BCUT2D eigenvalue weighted by molar-refractivity contribution is 6.31. The number of hydrogen-bond acceptors (Lipinski definition) is 3. The molecule has 0 aliphatic heterocycles. The van der Waals surface area contributed by atoms with E-state index in [1.54, 1.807) is 6.20 Å². The zero-order valence-corrected chi connectivity index (χ0v) is 19.8. The molecule has 1 unspecified atom stereocenters. The summed E-state index contributed by atoms with van der Waals surface area (Å²) in [5, 5.41) is 13.0. The number of carboxylic acids is 1. The van der Waals surface area contributed by atoms with Gasteiger partial charge in [0.2, 0.25) is 5.91 Å². The Bertz CT molecular complexity index is 1080. The van der Waals surface area contributed by atoms with Gasteiger partial charge in [-0.05, 0) is 30.5 Å². The Morgan fingerprint density at radius 1 is 1.12 bits per heavy atom. The number of carbonyl (C=O) groups excluding carboxylic acids is 1. The number of aromatic nitrogens is 2. The van der Waals surface area contributed by atoms with Gasteiger partial charge >= 0.3 is 5.97 Å². The molecule has 0 radical (unpaired) electrons. The molecule has 7 heteroatoms. The van der Waals surface area contributed by atoms with E-state index in [4.69, 9.17) is 11.6 Å². The number of aryl methyl sites for hydroxylation is 1. The number of nitrogens with zero attached hydrogens (tertiary/aromatic N) is 2. The van der Waals surface area contributed by atoms with E-state index in [1.807, 2.05) is 61.5 Å². The van der Waals surface area contributed by atoms with Gasteiger partial charge in [-0.25, -0.2) is 9.78 Å². The number of rotatable bonds is 11. The third-order valence-corrected chi connectivity index (χ3v) is 6.05. The average Bonchev–Trinajstić information content (AvgIpc) is 3.19. The molecule has 174 valence electrons. The number of nitrogens with one attached hydrogen (secondary N) is 1. The van der Waals surface area contributed by atoms with Crippen molar-refractivity contribution in [3.05, 3.63) is 88.5 Å². The predicted octanol–water partition coefficient (Wildman–Crippen LogP) is 4.84. The molecule has 3 aromatic rings. The fourth-order valence-electron chi connectivity index (χ4n) is 3.97. The van der Waals surface area contributed by atoms with Crippen molar-refractivity contribution in [2.75, 3.05) is 0 Å². The lowest BCUT2D eigenvalue weighted by Crippen LogP contribution is -2.43. The lowest BCUT2D eigenvalue weighted by Gasteiger charge is -2.21. The molecule has 0 saturated heterocycles. The summed E-state index contributed by atoms with van der Waals surface area (Å²) < 4.78 is 2.06. The van der Waals surface area contributed by atoms with Crippen molar-refractivity contribution in [1.82, 2.24) is 14.9 Å². The van der Waals surface area contributed by atoms with E-state index in [1.165, 1.54) is 0 Å². The Morgan fingerprint density at radius 3 is 2.48 bits per heavy atom. The highest BCUT2D eigenvalue weighted by Crippen LogP contribution is 2.28. The van der Waals surface area contributed by atoms with Gasteiger partial charge in [0.15, 0.2) is 0 Å². The summed E-state index contributed by atoms with van der Waals surface area (Å²) in [6.45, 7) is 4.16. The van der Waals surface area contributed by atoms with Crippen molar-refractivity contribution in [1.29, 1.82) is 0 Å². The van der Waals surface area contributed by atoms with Gasteiger partial charge in [0, 0.05) is 29.8 Å². The van der Waals surface area contributed by atoms with Crippen LogP contribution < -0.4 is 5.32 Å². The van der Waals surface area contributed by atoms with Gasteiger partial charge in [-0.3, -0.25) is 4.79 Å². The van der Waals surface area contributed by atoms with Crippen LogP contribution in [0, 0.1) is 0 Å². The first kappa shape index (κ1) is 24.5. The van der Waals surface area contributed by atoms with Crippen molar-refractivity contribution in [2.24, 2.45) is 0 Å². The molecule has 33 heavy (non-hydrogen) atoms. The Morgan fingerprint density at radius 2 is 1.82 bits per heavy atom. The van der Waals surface area contributed by atoms with Gasteiger partial charge in [-0.1, -0.05) is 73.5 Å². The molecule has 0 spiro atoms. The van der Waals surface area contributed by atoms with Crippen LogP contribution in [0.15, 0.2) is 60.8 Å². The van der Waals surface area contributed by atoms with Gasteiger partial charge in [-0.15, -0.1) is 0 Å². The summed E-state index contributed by atoms with van der Waals surface area (Å²) in [4.78, 5) is 29.2. The maximum atomic E-state index is 12.9. The summed E-state index contributed by atoms with van der Waals surface area (Å²) >= 11 is 6.45. The smallest absolute Gasteiger partial charge is 0.326 e. The number of carboxylic acid groups (broad SMARTS) is 1. The average molecular weight is 468 g/mol. The zero-order valence-electron chi connectivity index (χ0n) is 19.0. The molecule has 2 atom stereocenters. The molecule has 3 rings (SSSR count). The molecule has 0 bridgehead atoms. The van der Waals surface area contributed by atoms with Crippen molar-refractivity contribution in [2.45, 2.75) is 58.0 Å². The maximum absolute atomic E-state index is 12.9. The highest BCUT2D eigenvalue weighted by atomic mass is 35.5. The van der Waals surface area contributed by atoms with Crippen LogP contribution in [0.4, 0.5) is 0 Å². The Kier molecular flexibility index (Phi) is 8.66. The second-order valence-electron chi connectivity index (χ2n) is 8.16. The first-order chi connectivity index (χ1) is 15.9. The molecule has 1 aromatic heterocycles. The molecule has 1 heterocycles. The summed E-state index contributed by atoms with van der Waals surface area (Å²) in [7, 11) is 0. The van der Waals surface area contributed by atoms with E-state index >= 15 is 0 Å². The van der Waals surface area contributed by atoms with Gasteiger partial charge in [0.25, 0.3) is 0 Å². The van der Waals surface area contributed by atoms with Crippen molar-refractivity contribution < 1.29 is 14.7 Å². The monoisotopic (exact) mass is 467 g/mol. The Hall–Kier alpha value is -3.12. The van der Waals surface area contributed by atoms with Crippen LogP contribution in [-0.2, 0) is 28.9 Å². The predicted molar refractivity (Wildman–Crippen MR) is 130 cm³/mol. The van der Waals surface area contributed by atoms with Gasteiger partial charge in [-0.2, -0.15) is 0 Å². The number of benzene rings is 2. The van der Waals surface area contributed by atoms with Crippen molar-refractivity contribution in [3.8, 4) is 0 Å². The minimum atomic E-state index is -1.06. The highest BCUT2D eigenvalue weighted by Gasteiger charge is 2.24. The molecule has 6 nitrogen and oxygen atoms in total. The Labute approximate surface area is 199 Å². The fourth-order valence-corrected chi connectivity index (χ4v) is 4.27. The molecule has 0 aliphatic carbocycles. The first-order valence-corrected chi connectivity index (χ1v) is 11.6. The number of imidazole rings is 1. The SMILES string of the molecule is CCCCc1ncc(CC(=O)N[C@@H](Cc2ccccc2)C(=O)O)n1C(C)c1ccccc1Cl. The number of amides is 1. The third kappa shape index (κ3) is 6.45. The van der Waals surface area contributed by atoms with E-state index in [9.17, 15) is 14.7 Å². The van der Waals surface area contributed by atoms with Crippen molar-refractivity contribution >= 4 is 23.5 Å². The molecule has 0 fully saturated rings. The fraction of sp³-hybridized carbons (Fsp3) is 0.346. The third-order valence-electron chi connectivity index (χ3n) is 5.70. The van der Waals surface area contributed by atoms with Crippen LogP contribution in [0.2, 0.25) is 5.02 Å². The van der Waals surface area contributed by atoms with Crippen LogP contribution in [0.5, 0.6) is 0 Å². The number of unbranched alkanes of at least 4 members (excludes halogenated alkanes) is 1. The summed E-state index contributed by atoms with van der Waals surface area (Å²) in [5.74, 6) is -0.521. The number of hydrogen-bond donors (Lipinski definition) is 2. The largest absolute Gasteiger partial charge is 0.480 e. The first-order valence-electron chi connectivity index (χ1n) is 11.3. The lowest BCUT2D eigenvalue weighted by atomic mass is 10.1. The lowest BCUT2D eigenvalue weighted by molar-refractivity contribution is -0.141. The topological polar surface area (TPSA) is 84.2 Å². The molecular weight excluding hydrogens is 438 g/mol. The second-order valence-corrected chi connectivity index (χ2v) is 8.57. The van der Waals surface area contributed by atoms with E-state index < -0.39 is 12.0 Å². The van der Waals surface area contributed by atoms with Crippen molar-refractivity contribution in [3.63, 3.8) is 0 Å². The van der Waals surface area contributed by atoms with Crippen LogP contribution in [0.1, 0.15) is 55.4 Å². The number of aliphatic carboxylic acids is 1. The quantitative estimate of drug-likeness (QED) is 0.422. The van der Waals surface area contributed by atoms with E-state index in [-0.39, 0.29) is 24.8 Å². The van der Waals surface area contributed by atoms with E-state index in [0.717, 1.165) is 41.9 Å². The van der Waals surface area contributed by atoms with Gasteiger partial charge < -0.3 is 15.0 Å². The van der Waals surface area contributed by atoms with E-state index in [0.29, 0.717) is 5.02 Å². The number of carbonyl (C=O) groups is 2. The molecule has 2 aromatic carbocycles. The second kappa shape index (κ2) is 11.7. The van der Waals surface area contributed by atoms with Crippen LogP contribution >= 0.6 is 11.6 Å². The maximum Gasteiger partial charge on any atom is 0.326 e. The molecule has 1 amide bonds. The molecule has 0 aliphatic rings. The zero-order chi connectivity index (χ0) is 23.8.